The average molecular weight is 207 g/mol. The highest BCUT2D eigenvalue weighted by atomic mass is 32.2. The first-order chi connectivity index (χ1) is 6.75. The second kappa shape index (κ2) is 3.67. The summed E-state index contributed by atoms with van der Waals surface area (Å²) in [5, 5.41) is 1.45. The second-order valence-corrected chi connectivity index (χ2v) is 3.62. The molecule has 0 unspecified atom stereocenters. The lowest BCUT2D eigenvalue weighted by Gasteiger charge is -1.99. The van der Waals surface area contributed by atoms with Gasteiger partial charge in [0, 0.05) is 25.6 Å². The number of aryl methyl sites for hydroxylation is 1. The molecule has 14 heavy (non-hydrogen) atoms. The molecular weight excluding hydrogens is 198 g/mol. The standard InChI is InChI=1S/C8H9N5S/c1-13-5-4-11-8(13)14-7-10-3-2-6(9)12-7/h2-5H,1H3,(H2,9,10,12). The molecule has 0 aliphatic carbocycles. The third-order valence-corrected chi connectivity index (χ3v) is 2.57. The summed E-state index contributed by atoms with van der Waals surface area (Å²) in [7, 11) is 1.92. The summed E-state index contributed by atoms with van der Waals surface area (Å²) in [6, 6.07) is 1.66. The molecule has 6 heteroatoms. The monoisotopic (exact) mass is 207 g/mol. The third-order valence-electron chi connectivity index (χ3n) is 1.61. The molecule has 2 rings (SSSR count). The van der Waals surface area contributed by atoms with Crippen molar-refractivity contribution in [2.45, 2.75) is 10.3 Å². The van der Waals surface area contributed by atoms with Crippen LogP contribution in [-0.4, -0.2) is 19.5 Å². The molecule has 2 aromatic heterocycles. The van der Waals surface area contributed by atoms with Gasteiger partial charge in [-0.3, -0.25) is 0 Å². The predicted octanol–water partition coefficient (Wildman–Crippen LogP) is 0.943. The van der Waals surface area contributed by atoms with Crippen LogP contribution < -0.4 is 5.73 Å². The minimum atomic E-state index is 0.469. The van der Waals surface area contributed by atoms with Crippen LogP contribution in [0.3, 0.4) is 0 Å². The van der Waals surface area contributed by atoms with Gasteiger partial charge in [-0.05, 0) is 17.8 Å². The lowest BCUT2D eigenvalue weighted by Crippen LogP contribution is -1.95. The highest BCUT2D eigenvalue weighted by Gasteiger charge is 2.04. The first kappa shape index (κ1) is 9.01. The van der Waals surface area contributed by atoms with Crippen molar-refractivity contribution < 1.29 is 0 Å². The highest BCUT2D eigenvalue weighted by Crippen LogP contribution is 2.21. The molecule has 0 radical (unpaired) electrons. The van der Waals surface area contributed by atoms with Crippen molar-refractivity contribution in [3.05, 3.63) is 24.7 Å². The van der Waals surface area contributed by atoms with Crippen molar-refractivity contribution in [2.24, 2.45) is 7.05 Å². The van der Waals surface area contributed by atoms with Gasteiger partial charge in [0.25, 0.3) is 0 Å². The molecular formula is C8H9N5S. The third kappa shape index (κ3) is 1.85. The molecule has 0 atom stereocenters. The van der Waals surface area contributed by atoms with E-state index in [1.807, 2.05) is 17.8 Å². The van der Waals surface area contributed by atoms with Gasteiger partial charge < -0.3 is 10.3 Å². The van der Waals surface area contributed by atoms with Crippen LogP contribution in [0.15, 0.2) is 35.0 Å². The Kier molecular flexibility index (Phi) is 2.36. The number of imidazole rings is 1. The van der Waals surface area contributed by atoms with E-state index < -0.39 is 0 Å². The Bertz CT molecular complexity index is 439. The summed E-state index contributed by atoms with van der Waals surface area (Å²) in [6.45, 7) is 0. The molecule has 5 nitrogen and oxygen atoms in total. The summed E-state index contributed by atoms with van der Waals surface area (Å²) in [5.74, 6) is 0.469. The molecule has 2 heterocycles. The lowest BCUT2D eigenvalue weighted by atomic mass is 10.6. The smallest absolute Gasteiger partial charge is 0.197 e. The van der Waals surface area contributed by atoms with Gasteiger partial charge in [-0.2, -0.15) is 0 Å². The van der Waals surface area contributed by atoms with Crippen molar-refractivity contribution in [1.29, 1.82) is 0 Å². The zero-order chi connectivity index (χ0) is 9.97. The van der Waals surface area contributed by atoms with Crippen LogP contribution in [0.4, 0.5) is 5.82 Å². The van der Waals surface area contributed by atoms with Crippen LogP contribution in [0.1, 0.15) is 0 Å². The first-order valence-electron chi connectivity index (χ1n) is 3.99. The Labute approximate surface area is 85.4 Å². The molecule has 0 fully saturated rings. The fourth-order valence-corrected chi connectivity index (χ4v) is 1.68. The first-order valence-corrected chi connectivity index (χ1v) is 4.81. The molecule has 0 bridgehead atoms. The van der Waals surface area contributed by atoms with E-state index in [2.05, 4.69) is 15.0 Å². The Morgan fingerprint density at radius 1 is 1.36 bits per heavy atom. The maximum Gasteiger partial charge on any atom is 0.197 e. The molecule has 0 amide bonds. The van der Waals surface area contributed by atoms with Crippen LogP contribution in [-0.2, 0) is 7.05 Å². The number of nitrogen functional groups attached to an aromatic ring is 1. The predicted molar refractivity (Wildman–Crippen MR) is 53.8 cm³/mol. The number of aromatic nitrogens is 4. The van der Waals surface area contributed by atoms with E-state index in [1.54, 1.807) is 18.5 Å². The number of nitrogens with two attached hydrogens (primary N) is 1. The summed E-state index contributed by atoms with van der Waals surface area (Å²) < 4.78 is 1.90. The SMILES string of the molecule is Cn1ccnc1Sc1nccc(N)n1. The molecule has 0 aliphatic rings. The van der Waals surface area contributed by atoms with E-state index in [0.717, 1.165) is 5.16 Å². The van der Waals surface area contributed by atoms with Crippen molar-refractivity contribution in [3.63, 3.8) is 0 Å². The van der Waals surface area contributed by atoms with Crippen LogP contribution in [0, 0.1) is 0 Å². The number of hydrogen-bond acceptors (Lipinski definition) is 5. The average Bonchev–Trinajstić information content (AvgIpc) is 2.52. The molecule has 0 saturated carbocycles. The fraction of sp³-hybridized carbons (Fsp3) is 0.125. The van der Waals surface area contributed by atoms with E-state index in [9.17, 15) is 0 Å². The van der Waals surface area contributed by atoms with Gasteiger partial charge in [0.2, 0.25) is 0 Å². The van der Waals surface area contributed by atoms with Crippen molar-refractivity contribution in [1.82, 2.24) is 19.5 Å². The van der Waals surface area contributed by atoms with Crippen molar-refractivity contribution in [2.75, 3.05) is 5.73 Å². The Hall–Kier alpha value is -1.56. The largest absolute Gasteiger partial charge is 0.384 e. The van der Waals surface area contributed by atoms with Crippen LogP contribution in [0.2, 0.25) is 0 Å². The highest BCUT2D eigenvalue weighted by molar-refractivity contribution is 7.99. The van der Waals surface area contributed by atoms with E-state index >= 15 is 0 Å². The maximum atomic E-state index is 5.53. The molecule has 0 saturated heterocycles. The Morgan fingerprint density at radius 2 is 2.21 bits per heavy atom. The van der Waals surface area contributed by atoms with Gasteiger partial charge in [-0.15, -0.1) is 0 Å². The van der Waals surface area contributed by atoms with E-state index in [0.29, 0.717) is 11.0 Å². The molecule has 0 aromatic carbocycles. The summed E-state index contributed by atoms with van der Waals surface area (Å²) in [4.78, 5) is 12.3. The van der Waals surface area contributed by atoms with E-state index in [4.69, 9.17) is 5.73 Å². The van der Waals surface area contributed by atoms with Gasteiger partial charge >= 0.3 is 0 Å². The van der Waals surface area contributed by atoms with Gasteiger partial charge in [0.15, 0.2) is 10.3 Å². The summed E-state index contributed by atoms with van der Waals surface area (Å²) in [5.41, 5.74) is 5.53. The van der Waals surface area contributed by atoms with Gasteiger partial charge in [-0.1, -0.05) is 0 Å². The van der Waals surface area contributed by atoms with Crippen LogP contribution in [0.25, 0.3) is 0 Å². The summed E-state index contributed by atoms with van der Waals surface area (Å²) in [6.07, 6.45) is 5.23. The van der Waals surface area contributed by atoms with Gasteiger partial charge in [-0.25, -0.2) is 15.0 Å². The fourth-order valence-electron chi connectivity index (χ4n) is 0.935. The minimum Gasteiger partial charge on any atom is -0.384 e. The zero-order valence-corrected chi connectivity index (χ0v) is 8.40. The topological polar surface area (TPSA) is 69.6 Å². The molecule has 0 spiro atoms. The molecule has 2 aromatic rings. The second-order valence-electron chi connectivity index (χ2n) is 2.69. The number of hydrogen-bond donors (Lipinski definition) is 1. The van der Waals surface area contributed by atoms with Crippen molar-refractivity contribution >= 4 is 17.6 Å². The van der Waals surface area contributed by atoms with Gasteiger partial charge in [0.1, 0.15) is 5.82 Å². The summed E-state index contributed by atoms with van der Waals surface area (Å²) >= 11 is 1.38. The number of nitrogens with zero attached hydrogens (tertiary/aromatic N) is 4. The number of rotatable bonds is 2. The molecule has 2 N–H and O–H groups in total. The minimum absolute atomic E-state index is 0.469. The molecule has 0 aliphatic heterocycles. The zero-order valence-electron chi connectivity index (χ0n) is 7.58. The normalized spacial score (nSPS) is 10.4. The van der Waals surface area contributed by atoms with Crippen molar-refractivity contribution in [3.8, 4) is 0 Å². The lowest BCUT2D eigenvalue weighted by molar-refractivity contribution is 0.785. The quantitative estimate of drug-likeness (QED) is 0.742. The Balaban J connectivity index is 2.23. The van der Waals surface area contributed by atoms with Crippen LogP contribution >= 0.6 is 11.8 Å². The molecule has 72 valence electrons. The van der Waals surface area contributed by atoms with E-state index in [-0.39, 0.29) is 0 Å². The van der Waals surface area contributed by atoms with Gasteiger partial charge in [0.05, 0.1) is 0 Å². The number of anilines is 1. The van der Waals surface area contributed by atoms with Crippen LogP contribution in [0.5, 0.6) is 0 Å². The van der Waals surface area contributed by atoms with E-state index in [1.165, 1.54) is 11.8 Å². The Morgan fingerprint density at radius 3 is 2.86 bits per heavy atom. The maximum absolute atomic E-state index is 5.53.